The first-order valence-corrected chi connectivity index (χ1v) is 4.92. The predicted octanol–water partition coefficient (Wildman–Crippen LogP) is 2.10. The smallest absolute Gasteiger partial charge is 0.299 e. The highest BCUT2D eigenvalue weighted by Crippen LogP contribution is 2.19. The Bertz CT molecular complexity index is 393. The van der Waals surface area contributed by atoms with E-state index in [2.05, 4.69) is 9.88 Å². The number of hydrogen-bond acceptors (Lipinski definition) is 5. The van der Waals surface area contributed by atoms with E-state index in [0.29, 0.717) is 5.69 Å². The van der Waals surface area contributed by atoms with Crippen LogP contribution in [0.1, 0.15) is 5.56 Å². The van der Waals surface area contributed by atoms with Gasteiger partial charge in [0.25, 0.3) is 5.23 Å². The fraction of sp³-hybridized carbons (Fsp3) is 0.111. The lowest BCUT2D eigenvalue weighted by Gasteiger charge is -2.02. The quantitative estimate of drug-likeness (QED) is 0.295. The van der Waals surface area contributed by atoms with Gasteiger partial charge in [-0.2, -0.15) is 0 Å². The number of para-hydroxylation sites is 1. The molecule has 1 aromatic rings. The Labute approximate surface area is 91.4 Å². The first-order valence-electron chi connectivity index (χ1n) is 4.11. The average molecular weight is 225 g/mol. The highest BCUT2D eigenvalue weighted by atomic mass is 32.2. The highest BCUT2D eigenvalue weighted by molar-refractivity contribution is 8.26. The molecule has 0 aromatic heterocycles. The van der Waals surface area contributed by atoms with E-state index in [-0.39, 0.29) is 10.4 Å². The van der Waals surface area contributed by atoms with Crippen LogP contribution >= 0.6 is 11.8 Å². The highest BCUT2D eigenvalue weighted by Gasteiger charge is 2.05. The second-order valence-corrected chi connectivity index (χ2v) is 3.71. The number of thioether (sulfide) groups is 1. The zero-order valence-electron chi connectivity index (χ0n) is 8.10. The molecule has 0 saturated carbocycles. The van der Waals surface area contributed by atoms with Gasteiger partial charge in [0.15, 0.2) is 5.17 Å². The number of nitrogens with one attached hydrogen (secondary N) is 1. The number of benzene rings is 1. The molecule has 0 spiro atoms. The van der Waals surface area contributed by atoms with Crippen molar-refractivity contribution in [3.8, 4) is 0 Å². The molecule has 0 fully saturated rings. The van der Waals surface area contributed by atoms with Crippen molar-refractivity contribution in [1.82, 2.24) is 0 Å². The first-order chi connectivity index (χ1) is 7.13. The van der Waals surface area contributed by atoms with Crippen molar-refractivity contribution in [2.75, 3.05) is 0 Å². The molecular formula is C9H11N3O2S. The van der Waals surface area contributed by atoms with E-state index in [1.165, 1.54) is 0 Å². The zero-order chi connectivity index (χ0) is 11.3. The van der Waals surface area contributed by atoms with Gasteiger partial charge in [-0.1, -0.05) is 18.2 Å². The summed E-state index contributed by atoms with van der Waals surface area (Å²) in [7, 11) is 0. The number of aryl methyl sites for hydroxylation is 1. The van der Waals surface area contributed by atoms with Crippen molar-refractivity contribution in [1.29, 1.82) is 5.41 Å². The maximum atomic E-state index is 8.52. The van der Waals surface area contributed by atoms with Crippen LogP contribution in [0.5, 0.6) is 0 Å². The SMILES string of the molecule is Cc1ccccc1N=C(OO)SC(=N)N. The summed E-state index contributed by atoms with van der Waals surface area (Å²) in [4.78, 5) is 8.02. The number of rotatable bonds is 1. The molecule has 0 unspecified atom stereocenters. The summed E-state index contributed by atoms with van der Waals surface area (Å²) >= 11 is 0.742. The van der Waals surface area contributed by atoms with Gasteiger partial charge >= 0.3 is 0 Å². The van der Waals surface area contributed by atoms with E-state index in [9.17, 15) is 0 Å². The summed E-state index contributed by atoms with van der Waals surface area (Å²) in [6, 6.07) is 7.35. The monoisotopic (exact) mass is 225 g/mol. The van der Waals surface area contributed by atoms with Crippen LogP contribution in [0.4, 0.5) is 5.69 Å². The summed E-state index contributed by atoms with van der Waals surface area (Å²) in [5.41, 5.74) is 6.74. The zero-order valence-corrected chi connectivity index (χ0v) is 8.91. The molecular weight excluding hydrogens is 214 g/mol. The Kier molecular flexibility index (Phi) is 4.14. The van der Waals surface area contributed by atoms with E-state index in [1.54, 1.807) is 6.07 Å². The maximum absolute atomic E-state index is 8.52. The molecule has 0 saturated heterocycles. The van der Waals surface area contributed by atoms with Gasteiger partial charge in [0.2, 0.25) is 0 Å². The van der Waals surface area contributed by atoms with Gasteiger partial charge in [-0.05, 0) is 18.6 Å². The average Bonchev–Trinajstić information content (AvgIpc) is 2.19. The molecule has 15 heavy (non-hydrogen) atoms. The Morgan fingerprint density at radius 2 is 2.20 bits per heavy atom. The molecule has 0 aliphatic rings. The fourth-order valence-corrected chi connectivity index (χ4v) is 1.31. The molecule has 0 heterocycles. The Morgan fingerprint density at radius 1 is 1.53 bits per heavy atom. The van der Waals surface area contributed by atoms with Crippen LogP contribution in [0, 0.1) is 12.3 Å². The third-order valence-electron chi connectivity index (χ3n) is 1.60. The summed E-state index contributed by atoms with van der Waals surface area (Å²) in [5.74, 6) is 0. The van der Waals surface area contributed by atoms with Crippen LogP contribution in [0.25, 0.3) is 0 Å². The van der Waals surface area contributed by atoms with Crippen molar-refractivity contribution in [2.24, 2.45) is 10.7 Å². The van der Waals surface area contributed by atoms with Crippen LogP contribution < -0.4 is 5.73 Å². The van der Waals surface area contributed by atoms with Gasteiger partial charge in [-0.3, -0.25) is 5.41 Å². The molecule has 5 nitrogen and oxygen atoms in total. The van der Waals surface area contributed by atoms with E-state index in [0.717, 1.165) is 17.3 Å². The third kappa shape index (κ3) is 3.61. The molecule has 0 amide bonds. The van der Waals surface area contributed by atoms with Gasteiger partial charge in [0.1, 0.15) is 0 Å². The standard InChI is InChI=1S/C9H11N3O2S/c1-6-4-2-3-5-7(6)12-9(14-13)15-8(10)11/h2-5,13H,1H3,(H3,10,11). The lowest BCUT2D eigenvalue weighted by atomic mass is 10.2. The van der Waals surface area contributed by atoms with Gasteiger partial charge in [0.05, 0.1) is 5.69 Å². The molecule has 0 aliphatic carbocycles. The molecule has 1 aromatic carbocycles. The van der Waals surface area contributed by atoms with Crippen LogP contribution in [-0.4, -0.2) is 15.7 Å². The normalized spacial score (nSPS) is 11.2. The predicted molar refractivity (Wildman–Crippen MR) is 61.5 cm³/mol. The first kappa shape index (κ1) is 11.5. The number of hydrogen-bond donors (Lipinski definition) is 3. The van der Waals surface area contributed by atoms with Crippen molar-refractivity contribution >= 4 is 27.8 Å². The number of aliphatic imine (C=N–C) groups is 1. The number of amidine groups is 1. The molecule has 0 radical (unpaired) electrons. The fourth-order valence-electron chi connectivity index (χ4n) is 0.943. The molecule has 6 heteroatoms. The van der Waals surface area contributed by atoms with Gasteiger partial charge in [0, 0.05) is 11.8 Å². The second kappa shape index (κ2) is 5.38. The molecule has 0 aliphatic heterocycles. The number of nitrogens with zero attached hydrogens (tertiary/aromatic N) is 1. The minimum Gasteiger partial charge on any atom is -0.378 e. The third-order valence-corrected chi connectivity index (χ3v) is 2.16. The maximum Gasteiger partial charge on any atom is 0.299 e. The van der Waals surface area contributed by atoms with Gasteiger partial charge < -0.3 is 10.6 Å². The van der Waals surface area contributed by atoms with E-state index in [1.807, 2.05) is 25.1 Å². The van der Waals surface area contributed by atoms with Crippen LogP contribution in [0.3, 0.4) is 0 Å². The van der Waals surface area contributed by atoms with E-state index < -0.39 is 0 Å². The number of nitrogens with two attached hydrogens (primary N) is 1. The summed E-state index contributed by atoms with van der Waals surface area (Å²) in [6.45, 7) is 1.88. The van der Waals surface area contributed by atoms with Crippen molar-refractivity contribution < 1.29 is 10.1 Å². The minimum absolute atomic E-state index is 0.0724. The van der Waals surface area contributed by atoms with Gasteiger partial charge in [-0.15, -0.1) is 0 Å². The molecule has 0 bridgehead atoms. The summed E-state index contributed by atoms with van der Waals surface area (Å²) in [5, 5.41) is 15.3. The van der Waals surface area contributed by atoms with Crippen LogP contribution in [-0.2, 0) is 4.89 Å². The largest absolute Gasteiger partial charge is 0.378 e. The molecule has 80 valence electrons. The van der Waals surface area contributed by atoms with E-state index >= 15 is 0 Å². The summed E-state index contributed by atoms with van der Waals surface area (Å²) < 4.78 is 0. The van der Waals surface area contributed by atoms with Crippen molar-refractivity contribution in [3.63, 3.8) is 0 Å². The van der Waals surface area contributed by atoms with E-state index in [4.69, 9.17) is 16.4 Å². The second-order valence-electron chi connectivity index (χ2n) is 2.72. The van der Waals surface area contributed by atoms with Crippen LogP contribution in [0.2, 0.25) is 0 Å². The lowest BCUT2D eigenvalue weighted by Crippen LogP contribution is -2.09. The van der Waals surface area contributed by atoms with Crippen molar-refractivity contribution in [2.45, 2.75) is 6.92 Å². The molecule has 4 N–H and O–H groups in total. The summed E-state index contributed by atoms with van der Waals surface area (Å²) in [6.07, 6.45) is 0. The topological polar surface area (TPSA) is 91.7 Å². The van der Waals surface area contributed by atoms with Gasteiger partial charge in [-0.25, -0.2) is 10.2 Å². The Hall–Kier alpha value is -1.53. The Morgan fingerprint density at radius 3 is 2.73 bits per heavy atom. The van der Waals surface area contributed by atoms with Crippen molar-refractivity contribution in [3.05, 3.63) is 29.8 Å². The molecule has 1 rings (SSSR count). The minimum atomic E-state index is -0.198. The molecule has 0 atom stereocenters. The Balaban J connectivity index is 2.93. The van der Waals surface area contributed by atoms with Crippen LogP contribution in [0.15, 0.2) is 29.3 Å². The lowest BCUT2D eigenvalue weighted by molar-refractivity contribution is -0.150.